The van der Waals surface area contributed by atoms with Crippen LogP contribution in [-0.4, -0.2) is 60.4 Å². The van der Waals surface area contributed by atoms with E-state index in [1.54, 1.807) is 53.6 Å². The molecule has 2 N–H and O–H groups in total. The van der Waals surface area contributed by atoms with Crippen LogP contribution in [0.25, 0.3) is 21.8 Å². The molecule has 4 aromatic rings. The van der Waals surface area contributed by atoms with E-state index in [4.69, 9.17) is 38.7 Å². The number of carbonyl (C=O) groups is 1. The molecule has 0 saturated carbocycles. The molecular weight excluding hydrogens is 564 g/mol. The molecule has 0 radical (unpaired) electrons. The zero-order valence-corrected chi connectivity index (χ0v) is 22.8. The highest BCUT2D eigenvalue weighted by Crippen LogP contribution is 2.43. The average molecular weight is 586 g/mol. The molecule has 6 rings (SSSR count). The van der Waals surface area contributed by atoms with Gasteiger partial charge in [0, 0.05) is 43.6 Å². The molecule has 4 heterocycles. The van der Waals surface area contributed by atoms with Crippen LogP contribution >= 0.6 is 34.5 Å². The van der Waals surface area contributed by atoms with E-state index >= 15 is 4.39 Å². The lowest BCUT2D eigenvalue weighted by molar-refractivity contribution is 0.122. The second kappa shape index (κ2) is 10.6. The van der Waals surface area contributed by atoms with Crippen LogP contribution in [0, 0.1) is 5.82 Å². The van der Waals surface area contributed by atoms with Gasteiger partial charge in [0.1, 0.15) is 5.69 Å². The van der Waals surface area contributed by atoms with Gasteiger partial charge in [0.15, 0.2) is 10.9 Å². The monoisotopic (exact) mass is 585 g/mol. The van der Waals surface area contributed by atoms with Gasteiger partial charge < -0.3 is 15.4 Å². The Bertz CT molecular complexity index is 1560. The molecule has 2 saturated heterocycles. The number of ether oxygens (including phenoxy) is 1. The lowest BCUT2D eigenvalue weighted by Crippen LogP contribution is -2.36. The molecule has 13 heteroatoms. The number of nitrogens with zero attached hydrogens (tertiary/aromatic N) is 6. The first-order valence-corrected chi connectivity index (χ1v) is 13.7. The second-order valence-corrected chi connectivity index (χ2v) is 10.7. The van der Waals surface area contributed by atoms with E-state index in [-0.39, 0.29) is 17.7 Å². The van der Waals surface area contributed by atoms with Crippen molar-refractivity contribution in [2.24, 2.45) is 0 Å². The van der Waals surface area contributed by atoms with Crippen LogP contribution in [0.2, 0.25) is 10.0 Å². The van der Waals surface area contributed by atoms with Gasteiger partial charge in [-0.3, -0.25) is 9.80 Å². The number of benzene rings is 2. The Morgan fingerprint density at radius 2 is 1.77 bits per heavy atom. The fraction of sp³-hybridized carbons (Fsp3) is 0.231. The summed E-state index contributed by atoms with van der Waals surface area (Å²) in [6, 6.07) is 11.3. The second-order valence-electron chi connectivity index (χ2n) is 8.90. The molecule has 2 aromatic heterocycles. The number of amides is 2. The molecular formula is C26H22Cl2FN7O2S. The molecule has 39 heavy (non-hydrogen) atoms. The maximum Gasteiger partial charge on any atom is 0.329 e. The third-order valence-electron chi connectivity index (χ3n) is 6.55. The molecule has 2 fully saturated rings. The maximum absolute atomic E-state index is 16.3. The average Bonchev–Trinajstić information content (AvgIpc) is 3.55. The lowest BCUT2D eigenvalue weighted by atomic mass is 10.1. The van der Waals surface area contributed by atoms with E-state index in [0.29, 0.717) is 77.0 Å². The number of hydrogen-bond acceptors (Lipinski definition) is 8. The van der Waals surface area contributed by atoms with Crippen molar-refractivity contribution in [2.75, 3.05) is 59.8 Å². The standard InChI is InChI=1S/C26H22Cl2FN7O2S/c27-17-5-4-15(14-18(17)28)35-8-9-36(26(35)37)20-3-1-2-16(21(20)29)23-22(19-6-7-31-24(30)32-19)33-25(39-23)34-10-12-38-13-11-34/h1-7,14H,8-13H2,(H2,30,31,32). The number of rotatable bonds is 5. The molecule has 0 unspecified atom stereocenters. The van der Waals surface area contributed by atoms with Crippen LogP contribution < -0.4 is 20.4 Å². The number of hydrogen-bond donors (Lipinski definition) is 1. The first kappa shape index (κ1) is 25.8. The Kier molecular flexibility index (Phi) is 6.98. The molecule has 2 aromatic carbocycles. The fourth-order valence-electron chi connectivity index (χ4n) is 4.62. The lowest BCUT2D eigenvalue weighted by Gasteiger charge is -2.26. The van der Waals surface area contributed by atoms with Crippen LogP contribution in [0.1, 0.15) is 0 Å². The van der Waals surface area contributed by atoms with Crippen molar-refractivity contribution < 1.29 is 13.9 Å². The molecule has 0 bridgehead atoms. The molecule has 2 amide bonds. The Hall–Kier alpha value is -3.51. The highest BCUT2D eigenvalue weighted by Gasteiger charge is 2.34. The largest absolute Gasteiger partial charge is 0.378 e. The number of nitrogens with two attached hydrogens (primary N) is 1. The number of urea groups is 1. The van der Waals surface area contributed by atoms with E-state index in [1.807, 2.05) is 0 Å². The zero-order chi connectivity index (χ0) is 27.1. The van der Waals surface area contributed by atoms with Gasteiger partial charge in [0.05, 0.1) is 39.5 Å². The van der Waals surface area contributed by atoms with E-state index in [2.05, 4.69) is 14.9 Å². The molecule has 2 aliphatic rings. The maximum atomic E-state index is 16.3. The minimum atomic E-state index is -0.526. The van der Waals surface area contributed by atoms with E-state index in [1.165, 1.54) is 16.2 Å². The summed E-state index contributed by atoms with van der Waals surface area (Å²) < 4.78 is 21.8. The van der Waals surface area contributed by atoms with Crippen LogP contribution in [0.15, 0.2) is 48.7 Å². The minimum Gasteiger partial charge on any atom is -0.378 e. The van der Waals surface area contributed by atoms with Crippen molar-refractivity contribution in [2.45, 2.75) is 0 Å². The normalized spacial score (nSPS) is 15.9. The molecule has 2 aliphatic heterocycles. The Morgan fingerprint density at radius 1 is 0.974 bits per heavy atom. The number of aromatic nitrogens is 3. The third-order valence-corrected chi connectivity index (χ3v) is 8.44. The van der Waals surface area contributed by atoms with Gasteiger partial charge in [-0.1, -0.05) is 46.7 Å². The Morgan fingerprint density at radius 3 is 2.54 bits per heavy atom. The number of anilines is 4. The van der Waals surface area contributed by atoms with Crippen LogP contribution in [0.5, 0.6) is 0 Å². The third kappa shape index (κ3) is 4.87. The van der Waals surface area contributed by atoms with Gasteiger partial charge in [-0.25, -0.2) is 24.1 Å². The summed E-state index contributed by atoms with van der Waals surface area (Å²) in [5.41, 5.74) is 7.92. The number of carbonyl (C=O) groups excluding carboxylic acids is 1. The van der Waals surface area contributed by atoms with Gasteiger partial charge >= 0.3 is 6.03 Å². The SMILES string of the molecule is Nc1nccc(-c2nc(N3CCOCC3)sc2-c2cccc(N3CCN(c4ccc(Cl)c(Cl)c4)C3=O)c2F)n1. The summed E-state index contributed by atoms with van der Waals surface area (Å²) >= 11 is 13.6. The predicted molar refractivity (Wildman–Crippen MR) is 153 cm³/mol. The summed E-state index contributed by atoms with van der Waals surface area (Å²) in [5, 5.41) is 1.46. The van der Waals surface area contributed by atoms with Gasteiger partial charge in [-0.15, -0.1) is 0 Å². The molecule has 9 nitrogen and oxygen atoms in total. The van der Waals surface area contributed by atoms with Crippen molar-refractivity contribution in [1.29, 1.82) is 0 Å². The topological polar surface area (TPSA) is 101 Å². The van der Waals surface area contributed by atoms with Crippen LogP contribution in [0.4, 0.5) is 31.6 Å². The van der Waals surface area contributed by atoms with E-state index in [9.17, 15) is 4.79 Å². The highest BCUT2D eigenvalue weighted by atomic mass is 35.5. The predicted octanol–water partition coefficient (Wildman–Crippen LogP) is 5.58. The van der Waals surface area contributed by atoms with Gasteiger partial charge in [-0.05, 0) is 30.3 Å². The molecule has 200 valence electrons. The van der Waals surface area contributed by atoms with Gasteiger partial charge in [0.2, 0.25) is 5.95 Å². The Labute approximate surface area is 237 Å². The quantitative estimate of drug-likeness (QED) is 0.326. The van der Waals surface area contributed by atoms with Crippen LogP contribution in [0.3, 0.4) is 0 Å². The Balaban J connectivity index is 1.39. The number of thiazole rings is 1. The molecule has 0 spiro atoms. The van der Waals surface area contributed by atoms with Gasteiger partial charge in [0.25, 0.3) is 0 Å². The fourth-order valence-corrected chi connectivity index (χ4v) is 6.06. The molecule has 0 aliphatic carbocycles. The summed E-state index contributed by atoms with van der Waals surface area (Å²) in [7, 11) is 0. The van der Waals surface area contributed by atoms with Crippen molar-refractivity contribution >= 4 is 63.0 Å². The first-order valence-electron chi connectivity index (χ1n) is 12.2. The number of halogens is 3. The van der Waals surface area contributed by atoms with Gasteiger partial charge in [-0.2, -0.15) is 0 Å². The molecule has 0 atom stereocenters. The summed E-state index contributed by atoms with van der Waals surface area (Å²) in [4.78, 5) is 32.2. The van der Waals surface area contributed by atoms with E-state index < -0.39 is 5.82 Å². The van der Waals surface area contributed by atoms with Crippen molar-refractivity contribution in [3.63, 3.8) is 0 Å². The smallest absolute Gasteiger partial charge is 0.329 e. The van der Waals surface area contributed by atoms with Crippen molar-refractivity contribution in [3.05, 3.63) is 64.5 Å². The number of morpholine rings is 1. The number of nitrogen functional groups attached to an aromatic ring is 1. The van der Waals surface area contributed by atoms with E-state index in [0.717, 1.165) is 5.13 Å². The van der Waals surface area contributed by atoms with Crippen LogP contribution in [-0.2, 0) is 4.74 Å². The highest BCUT2D eigenvalue weighted by molar-refractivity contribution is 7.19. The first-order chi connectivity index (χ1) is 18.9. The summed E-state index contributed by atoms with van der Waals surface area (Å²) in [6.07, 6.45) is 1.54. The van der Waals surface area contributed by atoms with Crippen molar-refractivity contribution in [3.8, 4) is 21.8 Å². The summed E-state index contributed by atoms with van der Waals surface area (Å²) in [5.74, 6) is -0.430. The zero-order valence-electron chi connectivity index (χ0n) is 20.5. The van der Waals surface area contributed by atoms with Crippen molar-refractivity contribution in [1.82, 2.24) is 15.0 Å². The minimum absolute atomic E-state index is 0.0960. The summed E-state index contributed by atoms with van der Waals surface area (Å²) in [6.45, 7) is 3.19.